The van der Waals surface area contributed by atoms with Crippen molar-refractivity contribution in [3.05, 3.63) is 0 Å². The summed E-state index contributed by atoms with van der Waals surface area (Å²) in [6.45, 7) is 3.48. The third kappa shape index (κ3) is 2.83. The first kappa shape index (κ1) is 13.3. The van der Waals surface area contributed by atoms with Crippen molar-refractivity contribution in [2.45, 2.75) is 51.1 Å². The number of carboxylic acids is 1. The monoisotopic (exact) mass is 254 g/mol. The van der Waals surface area contributed by atoms with Gasteiger partial charge in [-0.15, -0.1) is 0 Å². The minimum absolute atomic E-state index is 0.00616. The summed E-state index contributed by atoms with van der Waals surface area (Å²) >= 11 is 0. The summed E-state index contributed by atoms with van der Waals surface area (Å²) in [7, 11) is 0. The number of rotatable bonds is 3. The molecule has 2 aliphatic rings. The molecule has 0 spiro atoms. The van der Waals surface area contributed by atoms with E-state index in [1.807, 2.05) is 6.92 Å². The van der Waals surface area contributed by atoms with E-state index in [-0.39, 0.29) is 17.9 Å². The molecule has 18 heavy (non-hydrogen) atoms. The van der Waals surface area contributed by atoms with Gasteiger partial charge in [-0.2, -0.15) is 0 Å². The van der Waals surface area contributed by atoms with Gasteiger partial charge in [-0.05, 0) is 38.1 Å². The Kier molecular flexibility index (Phi) is 4.22. The molecule has 0 aromatic rings. The number of carbonyl (C=O) groups is 2. The first-order chi connectivity index (χ1) is 8.59. The average Bonchev–Trinajstić information content (AvgIpc) is 2.80. The van der Waals surface area contributed by atoms with Gasteiger partial charge in [-0.25, -0.2) is 4.79 Å². The maximum Gasteiger partial charge on any atom is 0.326 e. The third-order valence-corrected chi connectivity index (χ3v) is 4.09. The topological polar surface area (TPSA) is 69.6 Å². The van der Waals surface area contributed by atoms with Gasteiger partial charge < -0.3 is 15.3 Å². The molecule has 2 saturated heterocycles. The van der Waals surface area contributed by atoms with Crippen LogP contribution in [-0.2, 0) is 9.59 Å². The smallest absolute Gasteiger partial charge is 0.326 e. The van der Waals surface area contributed by atoms with Crippen molar-refractivity contribution in [1.82, 2.24) is 10.2 Å². The van der Waals surface area contributed by atoms with E-state index >= 15 is 0 Å². The highest BCUT2D eigenvalue weighted by atomic mass is 16.4. The Morgan fingerprint density at radius 3 is 2.72 bits per heavy atom. The lowest BCUT2D eigenvalue weighted by atomic mass is 9.90. The predicted octanol–water partition coefficient (Wildman–Crippen LogP) is 0.840. The van der Waals surface area contributed by atoms with Gasteiger partial charge in [0.2, 0.25) is 5.91 Å². The second-order valence-corrected chi connectivity index (χ2v) is 5.49. The highest BCUT2D eigenvalue weighted by Crippen LogP contribution is 2.25. The quantitative estimate of drug-likeness (QED) is 0.783. The van der Waals surface area contributed by atoms with Gasteiger partial charge in [-0.3, -0.25) is 4.79 Å². The Bertz CT molecular complexity index is 326. The van der Waals surface area contributed by atoms with Crippen molar-refractivity contribution in [2.24, 2.45) is 5.92 Å². The van der Waals surface area contributed by atoms with Crippen molar-refractivity contribution >= 4 is 11.9 Å². The minimum Gasteiger partial charge on any atom is -0.480 e. The van der Waals surface area contributed by atoms with Gasteiger partial charge in [0.05, 0.1) is 0 Å². The number of likely N-dealkylation sites (tertiary alicyclic amines) is 1. The van der Waals surface area contributed by atoms with Gasteiger partial charge in [0.15, 0.2) is 0 Å². The van der Waals surface area contributed by atoms with E-state index in [9.17, 15) is 14.7 Å². The Labute approximate surface area is 108 Å². The molecular formula is C13H22N2O3. The fourth-order valence-electron chi connectivity index (χ4n) is 3.10. The van der Waals surface area contributed by atoms with Crippen molar-refractivity contribution in [2.75, 3.05) is 13.1 Å². The van der Waals surface area contributed by atoms with E-state index < -0.39 is 12.0 Å². The molecular weight excluding hydrogens is 232 g/mol. The summed E-state index contributed by atoms with van der Waals surface area (Å²) in [4.78, 5) is 25.1. The second-order valence-electron chi connectivity index (χ2n) is 5.49. The van der Waals surface area contributed by atoms with Crippen LogP contribution in [-0.4, -0.2) is 47.1 Å². The lowest BCUT2D eigenvalue weighted by molar-refractivity contribution is -0.154. The molecule has 0 radical (unpaired) electrons. The van der Waals surface area contributed by atoms with Crippen molar-refractivity contribution in [3.63, 3.8) is 0 Å². The van der Waals surface area contributed by atoms with E-state index in [0.29, 0.717) is 13.0 Å². The van der Waals surface area contributed by atoms with E-state index in [4.69, 9.17) is 0 Å². The van der Waals surface area contributed by atoms with Crippen LogP contribution in [0.1, 0.15) is 39.0 Å². The molecule has 3 atom stereocenters. The zero-order valence-corrected chi connectivity index (χ0v) is 10.9. The van der Waals surface area contributed by atoms with Crippen molar-refractivity contribution < 1.29 is 14.7 Å². The zero-order chi connectivity index (χ0) is 13.1. The van der Waals surface area contributed by atoms with E-state index in [2.05, 4.69) is 5.32 Å². The van der Waals surface area contributed by atoms with Gasteiger partial charge in [-0.1, -0.05) is 6.92 Å². The van der Waals surface area contributed by atoms with Gasteiger partial charge in [0.1, 0.15) is 6.04 Å². The number of carboxylic acid groups (broad SMARTS) is 1. The number of piperidine rings is 1. The molecule has 1 amide bonds. The third-order valence-electron chi connectivity index (χ3n) is 4.09. The summed E-state index contributed by atoms with van der Waals surface area (Å²) < 4.78 is 0. The molecule has 2 rings (SSSR count). The number of amides is 1. The molecule has 5 heteroatoms. The zero-order valence-electron chi connectivity index (χ0n) is 10.9. The SMILES string of the molecule is CC1CCCN(C(=O)CC2CCCN2)C1C(=O)O. The standard InChI is InChI=1S/C13H22N2O3/c1-9-4-3-7-15(12(9)13(17)18)11(16)8-10-5-2-6-14-10/h9-10,12,14H,2-8H2,1H3,(H,17,18). The largest absolute Gasteiger partial charge is 0.480 e. The number of carbonyl (C=O) groups excluding carboxylic acids is 1. The first-order valence-electron chi connectivity index (χ1n) is 6.85. The molecule has 0 bridgehead atoms. The van der Waals surface area contributed by atoms with Crippen LogP contribution in [0.5, 0.6) is 0 Å². The molecule has 0 aliphatic carbocycles. The molecule has 2 heterocycles. The van der Waals surface area contributed by atoms with Crippen LogP contribution in [0.2, 0.25) is 0 Å². The van der Waals surface area contributed by atoms with Gasteiger partial charge in [0, 0.05) is 19.0 Å². The van der Waals surface area contributed by atoms with Crippen LogP contribution in [0.4, 0.5) is 0 Å². The molecule has 5 nitrogen and oxygen atoms in total. The Morgan fingerprint density at radius 2 is 2.11 bits per heavy atom. The number of hydrogen-bond donors (Lipinski definition) is 2. The van der Waals surface area contributed by atoms with Crippen LogP contribution in [0.25, 0.3) is 0 Å². The molecule has 2 N–H and O–H groups in total. The Morgan fingerprint density at radius 1 is 1.33 bits per heavy atom. The van der Waals surface area contributed by atoms with Crippen LogP contribution in [0.15, 0.2) is 0 Å². The summed E-state index contributed by atoms with van der Waals surface area (Å²) in [5, 5.41) is 12.6. The van der Waals surface area contributed by atoms with E-state index in [1.165, 1.54) is 0 Å². The van der Waals surface area contributed by atoms with Crippen molar-refractivity contribution in [1.29, 1.82) is 0 Å². The Balaban J connectivity index is 1.99. The summed E-state index contributed by atoms with van der Waals surface area (Å²) in [5.41, 5.74) is 0. The Hall–Kier alpha value is -1.10. The van der Waals surface area contributed by atoms with Crippen LogP contribution in [0, 0.1) is 5.92 Å². The minimum atomic E-state index is -0.866. The molecule has 2 fully saturated rings. The van der Waals surface area contributed by atoms with E-state index in [0.717, 1.165) is 32.2 Å². The maximum absolute atomic E-state index is 12.2. The summed E-state index contributed by atoms with van der Waals surface area (Å²) in [6.07, 6.45) is 4.37. The van der Waals surface area contributed by atoms with Gasteiger partial charge >= 0.3 is 5.97 Å². The fourth-order valence-corrected chi connectivity index (χ4v) is 3.10. The highest BCUT2D eigenvalue weighted by molar-refractivity contribution is 5.84. The molecule has 3 unspecified atom stereocenters. The maximum atomic E-state index is 12.2. The van der Waals surface area contributed by atoms with E-state index in [1.54, 1.807) is 4.90 Å². The lowest BCUT2D eigenvalue weighted by Gasteiger charge is -2.37. The molecule has 2 aliphatic heterocycles. The summed E-state index contributed by atoms with van der Waals surface area (Å²) in [5.74, 6) is -0.819. The first-order valence-corrected chi connectivity index (χ1v) is 6.85. The average molecular weight is 254 g/mol. The fraction of sp³-hybridized carbons (Fsp3) is 0.846. The van der Waals surface area contributed by atoms with Crippen LogP contribution < -0.4 is 5.32 Å². The number of aliphatic carboxylic acids is 1. The van der Waals surface area contributed by atoms with Crippen LogP contribution >= 0.6 is 0 Å². The lowest BCUT2D eigenvalue weighted by Crippen LogP contribution is -2.52. The number of nitrogens with one attached hydrogen (secondary N) is 1. The number of hydrogen-bond acceptors (Lipinski definition) is 3. The molecule has 0 saturated carbocycles. The normalized spacial score (nSPS) is 32.5. The van der Waals surface area contributed by atoms with Gasteiger partial charge in [0.25, 0.3) is 0 Å². The molecule has 0 aromatic carbocycles. The summed E-state index contributed by atoms with van der Waals surface area (Å²) in [6, 6.07) is -0.392. The van der Waals surface area contributed by atoms with Crippen molar-refractivity contribution in [3.8, 4) is 0 Å². The number of nitrogens with zero attached hydrogens (tertiary/aromatic N) is 1. The predicted molar refractivity (Wildman–Crippen MR) is 67.2 cm³/mol. The highest BCUT2D eigenvalue weighted by Gasteiger charge is 2.37. The molecule has 102 valence electrons. The van der Waals surface area contributed by atoms with Crippen LogP contribution in [0.3, 0.4) is 0 Å². The molecule has 0 aromatic heterocycles. The second kappa shape index (κ2) is 5.69.